The molecule has 0 N–H and O–H groups in total. The van der Waals surface area contributed by atoms with E-state index in [1.54, 1.807) is 39.0 Å². The topological polar surface area (TPSA) is 0 Å². The maximum Gasteiger partial charge on any atom is -0.00669 e. The second-order valence-corrected chi connectivity index (χ2v) is 51.0. The standard InChI is InChI=1S/8C12H20.2C12H14.C11H18/c10*1-9-3-5-12-8-10(2)4-6-11(12)7-9;1-9-6-7-10-4-2-3-5-11(10)8-9/h2*7,10-12H,3-6,8H2,1-2H3;2*7,9-10,12H,3-6,8H2,1-2H3;2*5,9-11H,3-4,6-8H2,1-2H3;3,10-12H,4-8H2,1-2H3;3,5,9-12H,4,6-8H2,1-2H3;3-5,7H,6,8H2,1-2H3;3-7,10H,8H2,1-2H3;6-7,9-11H,2-5,8H2,1H3. The minimum absolute atomic E-state index is 0.709. The molecular formula is C131H206. The molecule has 2 aromatic rings. The third kappa shape index (κ3) is 34.6. The van der Waals surface area contributed by atoms with Gasteiger partial charge in [0.2, 0.25) is 0 Å². The van der Waals surface area contributed by atoms with Gasteiger partial charge in [-0.05, 0) is 499 Å². The van der Waals surface area contributed by atoms with E-state index in [0.29, 0.717) is 5.92 Å². The molecule has 0 spiro atoms. The summed E-state index contributed by atoms with van der Waals surface area (Å²) in [6.45, 7) is 49.2. The summed E-state index contributed by atoms with van der Waals surface area (Å²) in [5.41, 5.74) is 22.3. The number of hydrogen-bond acceptors (Lipinski definition) is 0. The molecule has 20 aliphatic rings. The molecule has 0 saturated heterocycles. The highest BCUT2D eigenvalue weighted by molar-refractivity contribution is 5.57. The molecular weight excluding hydrogens is 1570 g/mol. The van der Waals surface area contributed by atoms with Gasteiger partial charge in [-0.25, -0.2) is 0 Å². The normalized spacial score (nSPS) is 38.1. The zero-order valence-electron chi connectivity index (χ0n) is 89.5. The molecule has 0 nitrogen and oxygen atoms in total. The second kappa shape index (κ2) is 53.1. The van der Waals surface area contributed by atoms with Crippen molar-refractivity contribution in [1.29, 1.82) is 0 Å². The van der Waals surface area contributed by atoms with Crippen molar-refractivity contribution < 1.29 is 0 Å². The first-order valence-corrected chi connectivity index (χ1v) is 57.6. The first-order chi connectivity index (χ1) is 62.9. The maximum absolute atomic E-state index is 2.56. The molecule has 22 rings (SSSR count). The minimum atomic E-state index is 0.709. The molecule has 730 valence electrons. The summed E-state index contributed by atoms with van der Waals surface area (Å²) in [6, 6.07) is 13.5. The first kappa shape index (κ1) is 105. The molecule has 29 unspecified atom stereocenters. The lowest BCUT2D eigenvalue weighted by Crippen LogP contribution is -2.26. The van der Waals surface area contributed by atoms with Crippen LogP contribution in [0.25, 0.3) is 6.08 Å². The predicted molar refractivity (Wildman–Crippen MR) is 578 cm³/mol. The Labute approximate surface area is 812 Å². The van der Waals surface area contributed by atoms with E-state index in [1.165, 1.54) is 328 Å². The van der Waals surface area contributed by atoms with Crippen LogP contribution in [0, 0.1) is 185 Å². The SMILES string of the molecule is CC1=CC2CCC(C)CC2CC1.CC1=CC2CCC(C)CC2CC1.CC1=CCC2CC(C)CCC2C1.CC1=CCc2cc(C)ccc2C1.CC1C=C2CCC(C)CC2CC1.CC1C=C2CCC(C)CC2CC1.CC1C=CC2CC(C)CCC2C1.CC1C=CC2CCCCC2C1.CC1CCC2CC(C)CC=C2C1.CC1CCC2CC(C)CC=C2C1.Cc1ccc2c(c1)C=CC(C)C2. The van der Waals surface area contributed by atoms with Crippen molar-refractivity contribution in [1.82, 2.24) is 0 Å². The molecule has 0 bridgehead atoms. The highest BCUT2D eigenvalue weighted by Gasteiger charge is 2.37. The predicted octanol–water partition coefficient (Wildman–Crippen LogP) is 39.7. The van der Waals surface area contributed by atoms with E-state index >= 15 is 0 Å². The number of benzene rings is 2. The molecule has 2 aromatic carbocycles. The summed E-state index contributed by atoms with van der Waals surface area (Å²) in [6.07, 6.45) is 102. The monoisotopic (exact) mass is 1780 g/mol. The van der Waals surface area contributed by atoms with Crippen molar-refractivity contribution in [3.05, 3.63) is 193 Å². The van der Waals surface area contributed by atoms with E-state index in [9.17, 15) is 0 Å². The van der Waals surface area contributed by atoms with Crippen molar-refractivity contribution in [2.24, 2.45) is 172 Å². The Morgan fingerprint density at radius 3 is 1.25 bits per heavy atom. The van der Waals surface area contributed by atoms with Crippen LogP contribution in [0.5, 0.6) is 0 Å². The van der Waals surface area contributed by atoms with Gasteiger partial charge in [0.1, 0.15) is 0 Å². The molecule has 0 heteroatoms. The molecule has 131 heavy (non-hydrogen) atoms. The van der Waals surface area contributed by atoms with Crippen LogP contribution in [-0.4, -0.2) is 0 Å². The lowest BCUT2D eigenvalue weighted by atomic mass is 9.68. The molecule has 0 amide bonds. The van der Waals surface area contributed by atoms with Crippen molar-refractivity contribution >= 4 is 6.08 Å². The number of fused-ring (bicyclic) bond motifs is 11. The molecule has 0 radical (unpaired) electrons. The third-order valence-corrected chi connectivity index (χ3v) is 37.5. The molecule has 0 heterocycles. The maximum atomic E-state index is 2.56. The van der Waals surface area contributed by atoms with Gasteiger partial charge < -0.3 is 0 Å². The Morgan fingerprint density at radius 1 is 0.237 bits per heavy atom. The number of aryl methyl sites for hydroxylation is 2. The Hall–Kier alpha value is -4.42. The molecule has 29 atom stereocenters. The molecule has 9 fully saturated rings. The zero-order chi connectivity index (χ0) is 93.2. The zero-order valence-corrected chi connectivity index (χ0v) is 89.5. The van der Waals surface area contributed by atoms with Crippen LogP contribution in [0.15, 0.2) is 160 Å². The Bertz CT molecular complexity index is 3980. The van der Waals surface area contributed by atoms with Gasteiger partial charge in [0.05, 0.1) is 0 Å². The van der Waals surface area contributed by atoms with E-state index in [4.69, 9.17) is 0 Å². The fourth-order valence-corrected chi connectivity index (χ4v) is 29.1. The highest BCUT2D eigenvalue weighted by atomic mass is 14.4. The van der Waals surface area contributed by atoms with Crippen LogP contribution in [0.2, 0.25) is 0 Å². The number of allylic oxidation sites excluding steroid dienone is 21. The van der Waals surface area contributed by atoms with E-state index in [0.717, 1.165) is 179 Å². The largest absolute Gasteiger partial charge is 0.0854 e. The summed E-state index contributed by atoms with van der Waals surface area (Å²) in [5, 5.41) is 0. The third-order valence-electron chi connectivity index (χ3n) is 37.5. The summed E-state index contributed by atoms with van der Waals surface area (Å²) < 4.78 is 0. The van der Waals surface area contributed by atoms with E-state index in [1.807, 2.05) is 0 Å². The van der Waals surface area contributed by atoms with Crippen LogP contribution >= 0.6 is 0 Å². The van der Waals surface area contributed by atoms with Gasteiger partial charge in [-0.1, -0.05) is 320 Å². The van der Waals surface area contributed by atoms with Crippen molar-refractivity contribution in [3.63, 3.8) is 0 Å². The molecule has 9 saturated carbocycles. The average molecular weight is 1780 g/mol. The number of hydrogen-bond donors (Lipinski definition) is 0. The summed E-state index contributed by atoms with van der Waals surface area (Å²) in [5.74, 6) is 27.9. The lowest BCUT2D eigenvalue weighted by Gasteiger charge is -2.37. The molecule has 20 aliphatic carbocycles. The van der Waals surface area contributed by atoms with Crippen LogP contribution < -0.4 is 0 Å². The van der Waals surface area contributed by atoms with Gasteiger partial charge in [0.25, 0.3) is 0 Å². The summed E-state index contributed by atoms with van der Waals surface area (Å²) in [7, 11) is 0. The van der Waals surface area contributed by atoms with Gasteiger partial charge in [0, 0.05) is 0 Å². The van der Waals surface area contributed by atoms with E-state index in [2.05, 4.69) is 267 Å². The first-order valence-electron chi connectivity index (χ1n) is 57.6. The van der Waals surface area contributed by atoms with Crippen LogP contribution in [0.4, 0.5) is 0 Å². The Balaban J connectivity index is 0.000000130. The minimum Gasteiger partial charge on any atom is -0.0854 e. The van der Waals surface area contributed by atoms with Crippen molar-refractivity contribution in [2.45, 2.75) is 447 Å². The van der Waals surface area contributed by atoms with Crippen LogP contribution in [0.1, 0.15) is 447 Å². The molecule has 0 aromatic heterocycles. The van der Waals surface area contributed by atoms with Crippen LogP contribution in [-0.2, 0) is 19.3 Å². The summed E-state index contributed by atoms with van der Waals surface area (Å²) in [4.78, 5) is 0. The van der Waals surface area contributed by atoms with Gasteiger partial charge in [-0.15, -0.1) is 0 Å². The lowest BCUT2D eigenvalue weighted by molar-refractivity contribution is 0.180. The van der Waals surface area contributed by atoms with Gasteiger partial charge in [0.15, 0.2) is 0 Å². The number of rotatable bonds is 0. The fraction of sp³-hybridized carbons (Fsp3) is 0.740. The van der Waals surface area contributed by atoms with Gasteiger partial charge >= 0.3 is 0 Å². The van der Waals surface area contributed by atoms with E-state index in [-0.39, 0.29) is 0 Å². The average Bonchev–Trinajstić information content (AvgIpc) is 0.857. The highest BCUT2D eigenvalue weighted by Crippen LogP contribution is 2.50. The van der Waals surface area contributed by atoms with Crippen molar-refractivity contribution in [3.8, 4) is 0 Å². The van der Waals surface area contributed by atoms with Crippen molar-refractivity contribution in [2.75, 3.05) is 0 Å². The van der Waals surface area contributed by atoms with Crippen LogP contribution in [0.3, 0.4) is 0 Å². The van der Waals surface area contributed by atoms with Gasteiger partial charge in [-0.2, -0.15) is 0 Å². The molecule has 0 aliphatic heterocycles. The quantitative estimate of drug-likeness (QED) is 0.231. The summed E-state index contributed by atoms with van der Waals surface area (Å²) >= 11 is 0. The fourth-order valence-electron chi connectivity index (χ4n) is 29.1. The van der Waals surface area contributed by atoms with Gasteiger partial charge in [-0.3, -0.25) is 0 Å². The second-order valence-electron chi connectivity index (χ2n) is 51.0. The Morgan fingerprint density at radius 2 is 0.687 bits per heavy atom. The smallest absolute Gasteiger partial charge is 0.00669 e. The van der Waals surface area contributed by atoms with E-state index < -0.39 is 0 Å². The Kier molecular flexibility index (Phi) is 42.8.